The van der Waals surface area contributed by atoms with Crippen LogP contribution in [0.5, 0.6) is 0 Å². The minimum atomic E-state index is -0.680. The fourth-order valence-corrected chi connectivity index (χ4v) is 2.77. The van der Waals surface area contributed by atoms with Gasteiger partial charge in [0, 0.05) is 12.5 Å². The van der Waals surface area contributed by atoms with Gasteiger partial charge in [0.2, 0.25) is 0 Å². The third kappa shape index (κ3) is 7.53. The van der Waals surface area contributed by atoms with E-state index in [0.29, 0.717) is 12.3 Å². The molecule has 0 aromatic carbocycles. The Balaban J connectivity index is 1.97. The van der Waals surface area contributed by atoms with E-state index in [0.717, 1.165) is 32.0 Å². The standard InChI is InChI=1S/C15H30N2O2/c1-13(6-7-15(18)19)8-10-16-11-9-14-5-3-4-12-17(14)2/h13-14,16H,3-12H2,1-2H3,(H,18,19). The number of nitrogens with zero attached hydrogens (tertiary/aromatic N) is 1. The summed E-state index contributed by atoms with van der Waals surface area (Å²) in [7, 11) is 2.23. The first kappa shape index (κ1) is 16.4. The van der Waals surface area contributed by atoms with E-state index in [1.54, 1.807) is 0 Å². The van der Waals surface area contributed by atoms with Crippen molar-refractivity contribution < 1.29 is 9.90 Å². The zero-order valence-corrected chi connectivity index (χ0v) is 12.5. The number of hydrogen-bond donors (Lipinski definition) is 2. The van der Waals surface area contributed by atoms with Crippen LogP contribution < -0.4 is 5.32 Å². The number of aliphatic carboxylic acids is 1. The van der Waals surface area contributed by atoms with Crippen LogP contribution in [-0.4, -0.2) is 48.7 Å². The maximum atomic E-state index is 10.5. The first-order valence-electron chi connectivity index (χ1n) is 7.72. The average Bonchev–Trinajstić information content (AvgIpc) is 2.38. The predicted molar refractivity (Wildman–Crippen MR) is 78.4 cm³/mol. The molecule has 112 valence electrons. The lowest BCUT2D eigenvalue weighted by molar-refractivity contribution is -0.137. The summed E-state index contributed by atoms with van der Waals surface area (Å²) in [6.45, 7) is 5.48. The lowest BCUT2D eigenvalue weighted by Gasteiger charge is -2.32. The topological polar surface area (TPSA) is 52.6 Å². The Kier molecular flexibility index (Phi) is 8.07. The SMILES string of the molecule is CC(CCNCCC1CCCCN1C)CCC(=O)O. The summed E-state index contributed by atoms with van der Waals surface area (Å²) in [4.78, 5) is 13.0. The van der Waals surface area contributed by atoms with E-state index < -0.39 is 5.97 Å². The molecule has 0 aromatic rings. The largest absolute Gasteiger partial charge is 0.481 e. The Morgan fingerprint density at radius 2 is 2.16 bits per heavy atom. The molecule has 1 heterocycles. The van der Waals surface area contributed by atoms with Crippen molar-refractivity contribution in [1.82, 2.24) is 10.2 Å². The first-order chi connectivity index (χ1) is 9.09. The average molecular weight is 270 g/mol. The molecule has 2 atom stereocenters. The highest BCUT2D eigenvalue weighted by Crippen LogP contribution is 2.17. The Morgan fingerprint density at radius 1 is 1.37 bits per heavy atom. The van der Waals surface area contributed by atoms with Crippen molar-refractivity contribution in [1.29, 1.82) is 0 Å². The van der Waals surface area contributed by atoms with Crippen molar-refractivity contribution in [3.63, 3.8) is 0 Å². The number of hydrogen-bond acceptors (Lipinski definition) is 3. The highest BCUT2D eigenvalue weighted by atomic mass is 16.4. The minimum absolute atomic E-state index is 0.300. The second kappa shape index (κ2) is 9.32. The van der Waals surface area contributed by atoms with E-state index >= 15 is 0 Å². The number of carbonyl (C=O) groups is 1. The minimum Gasteiger partial charge on any atom is -0.481 e. The van der Waals surface area contributed by atoms with Gasteiger partial charge in [-0.2, -0.15) is 0 Å². The van der Waals surface area contributed by atoms with Gasteiger partial charge < -0.3 is 15.3 Å². The molecular formula is C15H30N2O2. The van der Waals surface area contributed by atoms with Gasteiger partial charge in [0.1, 0.15) is 0 Å². The predicted octanol–water partition coefficient (Wildman–Crippen LogP) is 2.34. The van der Waals surface area contributed by atoms with E-state index in [-0.39, 0.29) is 0 Å². The number of piperidine rings is 1. The van der Waals surface area contributed by atoms with Crippen molar-refractivity contribution in [2.75, 3.05) is 26.7 Å². The molecule has 4 heteroatoms. The number of carboxylic acids is 1. The van der Waals surface area contributed by atoms with Crippen LogP contribution in [0, 0.1) is 5.92 Å². The van der Waals surface area contributed by atoms with E-state index in [1.165, 1.54) is 32.2 Å². The molecule has 0 spiro atoms. The summed E-state index contributed by atoms with van der Waals surface area (Å²) < 4.78 is 0. The molecule has 0 radical (unpaired) electrons. The zero-order chi connectivity index (χ0) is 14.1. The molecule has 19 heavy (non-hydrogen) atoms. The van der Waals surface area contributed by atoms with E-state index in [4.69, 9.17) is 5.11 Å². The van der Waals surface area contributed by atoms with Gasteiger partial charge in [-0.05, 0) is 64.7 Å². The smallest absolute Gasteiger partial charge is 0.303 e. The quantitative estimate of drug-likeness (QED) is 0.631. The lowest BCUT2D eigenvalue weighted by atomic mass is 10.00. The van der Waals surface area contributed by atoms with Gasteiger partial charge in [-0.1, -0.05) is 13.3 Å². The molecular weight excluding hydrogens is 240 g/mol. The van der Waals surface area contributed by atoms with E-state index in [1.807, 2.05) is 0 Å². The Hall–Kier alpha value is -0.610. The van der Waals surface area contributed by atoms with Gasteiger partial charge in [0.15, 0.2) is 0 Å². The molecule has 0 bridgehead atoms. The maximum Gasteiger partial charge on any atom is 0.303 e. The van der Waals surface area contributed by atoms with Crippen molar-refractivity contribution in [2.24, 2.45) is 5.92 Å². The molecule has 4 nitrogen and oxygen atoms in total. The second-order valence-electron chi connectivity index (χ2n) is 6.00. The van der Waals surface area contributed by atoms with Crippen LogP contribution in [0.3, 0.4) is 0 Å². The third-order valence-corrected chi connectivity index (χ3v) is 4.24. The van der Waals surface area contributed by atoms with E-state index in [9.17, 15) is 4.79 Å². The Labute approximate surface area is 117 Å². The fraction of sp³-hybridized carbons (Fsp3) is 0.933. The van der Waals surface area contributed by atoms with Crippen molar-refractivity contribution in [3.8, 4) is 0 Å². The van der Waals surface area contributed by atoms with Gasteiger partial charge in [-0.15, -0.1) is 0 Å². The van der Waals surface area contributed by atoms with Crippen LogP contribution in [0.1, 0.15) is 51.9 Å². The van der Waals surface area contributed by atoms with Crippen LogP contribution >= 0.6 is 0 Å². The summed E-state index contributed by atoms with van der Waals surface area (Å²) in [5.41, 5.74) is 0. The van der Waals surface area contributed by atoms with Gasteiger partial charge in [-0.25, -0.2) is 0 Å². The van der Waals surface area contributed by atoms with Crippen LogP contribution in [0.25, 0.3) is 0 Å². The highest BCUT2D eigenvalue weighted by molar-refractivity contribution is 5.66. The third-order valence-electron chi connectivity index (χ3n) is 4.24. The molecule has 1 aliphatic rings. The summed E-state index contributed by atoms with van der Waals surface area (Å²) in [5.74, 6) is -0.180. The highest BCUT2D eigenvalue weighted by Gasteiger charge is 2.17. The van der Waals surface area contributed by atoms with Crippen LogP contribution in [0.15, 0.2) is 0 Å². The molecule has 1 rings (SSSR count). The van der Waals surface area contributed by atoms with Crippen LogP contribution in [-0.2, 0) is 4.79 Å². The first-order valence-corrected chi connectivity index (χ1v) is 7.72. The fourth-order valence-electron chi connectivity index (χ4n) is 2.77. The number of likely N-dealkylation sites (tertiary alicyclic amines) is 1. The van der Waals surface area contributed by atoms with Gasteiger partial charge in [0.05, 0.1) is 0 Å². The molecule has 0 amide bonds. The number of nitrogens with one attached hydrogen (secondary N) is 1. The summed E-state index contributed by atoms with van der Waals surface area (Å²) in [6.07, 6.45) is 7.47. The van der Waals surface area contributed by atoms with E-state index in [2.05, 4.69) is 24.2 Å². The molecule has 0 aliphatic carbocycles. The molecule has 0 saturated carbocycles. The summed E-state index contributed by atoms with van der Waals surface area (Å²) in [5, 5.41) is 12.1. The number of rotatable bonds is 9. The van der Waals surface area contributed by atoms with Gasteiger partial charge >= 0.3 is 5.97 Å². The Bertz CT molecular complexity index is 259. The number of carboxylic acid groups (broad SMARTS) is 1. The maximum absolute atomic E-state index is 10.5. The zero-order valence-electron chi connectivity index (χ0n) is 12.5. The molecule has 1 saturated heterocycles. The normalized spacial score (nSPS) is 22.3. The van der Waals surface area contributed by atoms with Crippen LogP contribution in [0.4, 0.5) is 0 Å². The van der Waals surface area contributed by atoms with Crippen molar-refractivity contribution >= 4 is 5.97 Å². The Morgan fingerprint density at radius 3 is 2.84 bits per heavy atom. The van der Waals surface area contributed by atoms with Gasteiger partial charge in [0.25, 0.3) is 0 Å². The van der Waals surface area contributed by atoms with Crippen molar-refractivity contribution in [3.05, 3.63) is 0 Å². The second-order valence-corrected chi connectivity index (χ2v) is 6.00. The molecule has 0 aromatic heterocycles. The summed E-state index contributed by atoms with van der Waals surface area (Å²) >= 11 is 0. The van der Waals surface area contributed by atoms with Crippen molar-refractivity contribution in [2.45, 2.75) is 57.9 Å². The summed E-state index contributed by atoms with van der Waals surface area (Å²) in [6, 6.07) is 0.755. The lowest BCUT2D eigenvalue weighted by Crippen LogP contribution is -2.38. The monoisotopic (exact) mass is 270 g/mol. The molecule has 1 aliphatic heterocycles. The molecule has 2 N–H and O–H groups in total. The van der Waals surface area contributed by atoms with Gasteiger partial charge in [-0.3, -0.25) is 4.79 Å². The molecule has 2 unspecified atom stereocenters. The molecule has 1 fully saturated rings. The van der Waals surface area contributed by atoms with Crippen LogP contribution in [0.2, 0.25) is 0 Å².